The molecule has 0 bridgehead atoms. The van der Waals surface area contributed by atoms with Gasteiger partial charge in [0.1, 0.15) is 18.5 Å². The minimum Gasteiger partial charge on any atom is -0.490 e. The van der Waals surface area contributed by atoms with Crippen molar-refractivity contribution in [3.05, 3.63) is 30.0 Å². The lowest BCUT2D eigenvalue weighted by Crippen LogP contribution is -2.26. The van der Waals surface area contributed by atoms with Crippen molar-refractivity contribution in [3.8, 4) is 5.75 Å². The minimum absolute atomic E-state index is 0.192. The third-order valence-corrected chi connectivity index (χ3v) is 2.68. The summed E-state index contributed by atoms with van der Waals surface area (Å²) in [5, 5.41) is 10.4. The summed E-state index contributed by atoms with van der Waals surface area (Å²) in [5.41, 5.74) is 7.32. The van der Waals surface area contributed by atoms with Gasteiger partial charge in [0.15, 0.2) is 0 Å². The normalized spacial score (nSPS) is 12.8. The average molecular weight is 250 g/mol. The van der Waals surface area contributed by atoms with E-state index in [9.17, 15) is 5.11 Å². The molecule has 1 unspecified atom stereocenters. The maximum absolute atomic E-state index is 9.40. The lowest BCUT2D eigenvalue weighted by molar-refractivity contribution is 0.115. The molecule has 0 amide bonds. The van der Waals surface area contributed by atoms with E-state index in [0.29, 0.717) is 6.61 Å². The van der Waals surface area contributed by atoms with Crippen LogP contribution in [-0.2, 0) is 11.3 Å². The number of methoxy groups -OCH3 is 1. The summed E-state index contributed by atoms with van der Waals surface area (Å²) in [6.07, 6.45) is -0.641. The van der Waals surface area contributed by atoms with Gasteiger partial charge in [0.2, 0.25) is 0 Å². The van der Waals surface area contributed by atoms with E-state index in [1.54, 1.807) is 7.11 Å². The summed E-state index contributed by atoms with van der Waals surface area (Å²) in [4.78, 5) is 3.25. The molecule has 1 atom stereocenters. The molecular formula is C13H18N2O3. The molecule has 0 radical (unpaired) electrons. The molecule has 0 aliphatic carbocycles. The fourth-order valence-electron chi connectivity index (χ4n) is 1.80. The van der Waals surface area contributed by atoms with Gasteiger partial charge in [0.25, 0.3) is 0 Å². The fraction of sp³-hybridized carbons (Fsp3) is 0.385. The van der Waals surface area contributed by atoms with Crippen LogP contribution in [-0.4, -0.2) is 36.5 Å². The largest absolute Gasteiger partial charge is 0.490 e. The first kappa shape index (κ1) is 12.9. The van der Waals surface area contributed by atoms with E-state index in [2.05, 4.69) is 4.98 Å². The molecule has 0 aliphatic rings. The van der Waals surface area contributed by atoms with Crippen LogP contribution in [0.2, 0.25) is 0 Å². The highest BCUT2D eigenvalue weighted by Gasteiger charge is 2.08. The van der Waals surface area contributed by atoms with Gasteiger partial charge in [-0.3, -0.25) is 0 Å². The zero-order valence-electron chi connectivity index (χ0n) is 10.3. The molecular weight excluding hydrogens is 232 g/mol. The van der Waals surface area contributed by atoms with E-state index >= 15 is 0 Å². The summed E-state index contributed by atoms with van der Waals surface area (Å²) >= 11 is 0. The molecule has 1 aromatic heterocycles. The van der Waals surface area contributed by atoms with Crippen LogP contribution in [0.4, 0.5) is 0 Å². The Morgan fingerprint density at radius 2 is 2.28 bits per heavy atom. The molecule has 98 valence electrons. The van der Waals surface area contributed by atoms with Crippen molar-refractivity contribution in [2.45, 2.75) is 12.7 Å². The van der Waals surface area contributed by atoms with Gasteiger partial charge in [0.05, 0.1) is 6.61 Å². The number of hydrogen-bond donors (Lipinski definition) is 3. The monoisotopic (exact) mass is 250 g/mol. The lowest BCUT2D eigenvalue weighted by Gasteiger charge is -2.10. The number of aromatic amines is 1. The highest BCUT2D eigenvalue weighted by atomic mass is 16.5. The Morgan fingerprint density at radius 1 is 1.44 bits per heavy atom. The van der Waals surface area contributed by atoms with Crippen molar-refractivity contribution in [3.63, 3.8) is 0 Å². The van der Waals surface area contributed by atoms with Gasteiger partial charge < -0.3 is 25.3 Å². The van der Waals surface area contributed by atoms with E-state index < -0.39 is 6.10 Å². The molecule has 0 saturated heterocycles. The molecule has 0 fully saturated rings. The zero-order valence-corrected chi connectivity index (χ0v) is 10.3. The topological polar surface area (TPSA) is 80.5 Å². The quantitative estimate of drug-likeness (QED) is 0.715. The zero-order chi connectivity index (χ0) is 13.0. The Labute approximate surface area is 106 Å². The molecule has 0 spiro atoms. The number of benzene rings is 1. The number of rotatable bonds is 6. The molecule has 0 saturated carbocycles. The summed E-state index contributed by atoms with van der Waals surface area (Å²) < 4.78 is 10.7. The standard InChI is InChI=1S/C13H18N2O3/c1-17-7-9-5-11-12(15-9)3-2-4-13(11)18-8-10(16)6-14/h2-5,10,15-16H,6-8,14H2,1H3. The van der Waals surface area contributed by atoms with Crippen LogP contribution in [0.15, 0.2) is 24.3 Å². The number of H-pyrrole nitrogens is 1. The van der Waals surface area contributed by atoms with E-state index in [1.807, 2.05) is 24.3 Å². The fourth-order valence-corrected chi connectivity index (χ4v) is 1.80. The Balaban J connectivity index is 2.21. The third-order valence-electron chi connectivity index (χ3n) is 2.68. The first-order chi connectivity index (χ1) is 8.74. The minimum atomic E-state index is -0.641. The SMILES string of the molecule is COCc1cc2c(OCC(O)CN)cccc2[nH]1. The van der Waals surface area contributed by atoms with Crippen LogP contribution in [0.5, 0.6) is 5.75 Å². The average Bonchev–Trinajstić information content (AvgIpc) is 2.79. The summed E-state index contributed by atoms with van der Waals surface area (Å²) in [6.45, 7) is 0.915. The number of nitrogens with two attached hydrogens (primary N) is 1. The van der Waals surface area contributed by atoms with Crippen LogP contribution >= 0.6 is 0 Å². The second-order valence-corrected chi connectivity index (χ2v) is 4.15. The predicted molar refractivity (Wildman–Crippen MR) is 69.6 cm³/mol. The van der Waals surface area contributed by atoms with E-state index in [0.717, 1.165) is 22.3 Å². The van der Waals surface area contributed by atoms with Gasteiger partial charge in [-0.25, -0.2) is 0 Å². The number of fused-ring (bicyclic) bond motifs is 1. The number of ether oxygens (including phenoxy) is 2. The lowest BCUT2D eigenvalue weighted by atomic mass is 10.2. The Bertz CT molecular complexity index is 510. The van der Waals surface area contributed by atoms with Crippen LogP contribution in [0.25, 0.3) is 10.9 Å². The summed E-state index contributed by atoms with van der Waals surface area (Å²) in [6, 6.07) is 7.74. The molecule has 18 heavy (non-hydrogen) atoms. The van der Waals surface area contributed by atoms with Crippen molar-refractivity contribution < 1.29 is 14.6 Å². The smallest absolute Gasteiger partial charge is 0.128 e. The van der Waals surface area contributed by atoms with E-state index in [-0.39, 0.29) is 13.2 Å². The number of aliphatic hydroxyl groups is 1. The molecule has 1 aromatic carbocycles. The molecule has 1 heterocycles. The van der Waals surface area contributed by atoms with E-state index in [4.69, 9.17) is 15.2 Å². The van der Waals surface area contributed by atoms with Crippen molar-refractivity contribution >= 4 is 10.9 Å². The second kappa shape index (κ2) is 5.86. The van der Waals surface area contributed by atoms with Crippen molar-refractivity contribution in [1.82, 2.24) is 4.98 Å². The summed E-state index contributed by atoms with van der Waals surface area (Å²) in [5.74, 6) is 0.735. The van der Waals surface area contributed by atoms with Crippen molar-refractivity contribution in [2.75, 3.05) is 20.3 Å². The first-order valence-corrected chi connectivity index (χ1v) is 5.85. The molecule has 2 rings (SSSR count). The maximum atomic E-state index is 9.40. The summed E-state index contributed by atoms with van der Waals surface area (Å²) in [7, 11) is 1.65. The van der Waals surface area contributed by atoms with Gasteiger partial charge in [-0.2, -0.15) is 0 Å². The van der Waals surface area contributed by atoms with Gasteiger partial charge in [0, 0.05) is 30.3 Å². The van der Waals surface area contributed by atoms with Crippen LogP contribution in [0.1, 0.15) is 5.69 Å². The maximum Gasteiger partial charge on any atom is 0.128 e. The van der Waals surface area contributed by atoms with E-state index in [1.165, 1.54) is 0 Å². The molecule has 5 heteroatoms. The third kappa shape index (κ3) is 2.81. The molecule has 4 N–H and O–H groups in total. The Morgan fingerprint density at radius 3 is 3.00 bits per heavy atom. The molecule has 5 nitrogen and oxygen atoms in total. The first-order valence-electron chi connectivity index (χ1n) is 5.85. The van der Waals surface area contributed by atoms with Crippen molar-refractivity contribution in [2.24, 2.45) is 5.73 Å². The second-order valence-electron chi connectivity index (χ2n) is 4.15. The Hall–Kier alpha value is -1.56. The number of nitrogens with one attached hydrogen (secondary N) is 1. The number of hydrogen-bond acceptors (Lipinski definition) is 4. The van der Waals surface area contributed by atoms with Crippen molar-refractivity contribution in [1.29, 1.82) is 0 Å². The molecule has 0 aliphatic heterocycles. The highest BCUT2D eigenvalue weighted by molar-refractivity contribution is 5.86. The Kier molecular flexibility index (Phi) is 4.19. The van der Waals surface area contributed by atoms with Crippen LogP contribution in [0, 0.1) is 0 Å². The number of aliphatic hydroxyl groups excluding tert-OH is 1. The highest BCUT2D eigenvalue weighted by Crippen LogP contribution is 2.26. The van der Waals surface area contributed by atoms with Gasteiger partial charge in [-0.15, -0.1) is 0 Å². The van der Waals surface area contributed by atoms with Crippen LogP contribution in [0.3, 0.4) is 0 Å². The van der Waals surface area contributed by atoms with Gasteiger partial charge in [-0.05, 0) is 18.2 Å². The van der Waals surface area contributed by atoms with Gasteiger partial charge >= 0.3 is 0 Å². The van der Waals surface area contributed by atoms with Crippen LogP contribution < -0.4 is 10.5 Å². The predicted octanol–water partition coefficient (Wildman–Crippen LogP) is 1.01. The number of aromatic nitrogens is 1. The molecule has 2 aromatic rings. The van der Waals surface area contributed by atoms with Gasteiger partial charge in [-0.1, -0.05) is 6.07 Å².